The number of carbonyl (C=O) groups is 1. The first-order chi connectivity index (χ1) is 14.1. The lowest BCUT2D eigenvalue weighted by Crippen LogP contribution is -2.07. The molecule has 4 heteroatoms. The summed E-state index contributed by atoms with van der Waals surface area (Å²) in [7, 11) is 2.05. The highest BCUT2D eigenvalue weighted by Crippen LogP contribution is 2.40. The Bertz CT molecular complexity index is 1220. The Labute approximate surface area is 169 Å². The molecule has 1 saturated carbocycles. The highest BCUT2D eigenvalue weighted by Gasteiger charge is 2.26. The topological polar surface area (TPSA) is 55.1 Å². The van der Waals surface area contributed by atoms with Crippen molar-refractivity contribution in [3.05, 3.63) is 89.4 Å². The minimum Gasteiger partial charge on any atom is -0.478 e. The third kappa shape index (κ3) is 3.31. The quantitative estimate of drug-likeness (QED) is 0.502. The molecule has 0 bridgehead atoms. The largest absolute Gasteiger partial charge is 0.478 e. The van der Waals surface area contributed by atoms with Crippen molar-refractivity contribution in [1.29, 1.82) is 0 Å². The van der Waals surface area contributed by atoms with Gasteiger partial charge >= 0.3 is 5.97 Å². The summed E-state index contributed by atoms with van der Waals surface area (Å²) in [5.41, 5.74) is 6.54. The number of aromatic nitrogens is 2. The summed E-state index contributed by atoms with van der Waals surface area (Å²) in [6.45, 7) is 0. The maximum absolute atomic E-state index is 11.9. The molecular weight excluding hydrogens is 360 g/mol. The van der Waals surface area contributed by atoms with Crippen LogP contribution in [0.25, 0.3) is 22.0 Å². The van der Waals surface area contributed by atoms with Gasteiger partial charge in [0.2, 0.25) is 0 Å². The molecule has 2 aromatic carbocycles. The fourth-order valence-corrected chi connectivity index (χ4v) is 4.11. The average Bonchev–Trinajstić information content (AvgIpc) is 3.52. The number of nitrogens with zero attached hydrogens (tertiary/aromatic N) is 2. The standard InChI is InChI=1S/C25H22N2O2/c1-27-10-9-19-11-16(12-21(24(19)27)18-5-3-2-4-6-18)13-23-22(25(28)29)14-20(15-26-23)17-7-8-17/h2-6,9-12,14-15,17H,7-8,13H2,1H3,(H,28,29). The monoisotopic (exact) mass is 382 g/mol. The molecule has 2 aromatic heterocycles. The molecule has 144 valence electrons. The molecule has 1 aliphatic rings. The van der Waals surface area contributed by atoms with Crippen LogP contribution in [-0.4, -0.2) is 20.6 Å². The van der Waals surface area contributed by atoms with Gasteiger partial charge in [-0.1, -0.05) is 30.3 Å². The number of aryl methyl sites for hydroxylation is 1. The van der Waals surface area contributed by atoms with Crippen LogP contribution in [0.15, 0.2) is 67.0 Å². The fraction of sp³-hybridized carbons (Fsp3) is 0.200. The summed E-state index contributed by atoms with van der Waals surface area (Å²) in [5.74, 6) is -0.418. The summed E-state index contributed by atoms with van der Waals surface area (Å²) in [6.07, 6.45) is 6.68. The van der Waals surface area contributed by atoms with E-state index in [-0.39, 0.29) is 0 Å². The average molecular weight is 382 g/mol. The van der Waals surface area contributed by atoms with E-state index in [9.17, 15) is 9.90 Å². The van der Waals surface area contributed by atoms with Crippen molar-refractivity contribution in [3.8, 4) is 11.1 Å². The van der Waals surface area contributed by atoms with E-state index >= 15 is 0 Å². The minimum atomic E-state index is -0.904. The van der Waals surface area contributed by atoms with Gasteiger partial charge in [0.25, 0.3) is 0 Å². The van der Waals surface area contributed by atoms with E-state index in [4.69, 9.17) is 0 Å². The highest BCUT2D eigenvalue weighted by atomic mass is 16.4. The molecule has 4 aromatic rings. The Kier molecular flexibility index (Phi) is 4.20. The molecule has 0 atom stereocenters. The molecule has 0 saturated heterocycles. The zero-order chi connectivity index (χ0) is 20.0. The molecule has 4 nitrogen and oxygen atoms in total. The van der Waals surface area contributed by atoms with E-state index in [0.717, 1.165) is 40.5 Å². The second kappa shape index (κ2) is 6.89. The summed E-state index contributed by atoms with van der Waals surface area (Å²) in [4.78, 5) is 16.4. The lowest BCUT2D eigenvalue weighted by atomic mass is 9.96. The lowest BCUT2D eigenvalue weighted by Gasteiger charge is -2.12. The van der Waals surface area contributed by atoms with Gasteiger partial charge in [-0.05, 0) is 59.7 Å². The smallest absolute Gasteiger partial charge is 0.337 e. The summed E-state index contributed by atoms with van der Waals surface area (Å²) < 4.78 is 2.13. The van der Waals surface area contributed by atoms with Crippen molar-refractivity contribution >= 4 is 16.9 Å². The second-order valence-electron chi connectivity index (χ2n) is 7.89. The van der Waals surface area contributed by atoms with E-state index < -0.39 is 5.97 Å². The molecule has 0 spiro atoms. The van der Waals surface area contributed by atoms with E-state index in [1.54, 1.807) is 0 Å². The molecule has 0 aliphatic heterocycles. The van der Waals surface area contributed by atoms with Gasteiger partial charge < -0.3 is 9.67 Å². The van der Waals surface area contributed by atoms with Gasteiger partial charge in [-0.3, -0.25) is 4.98 Å². The van der Waals surface area contributed by atoms with Crippen molar-refractivity contribution in [2.45, 2.75) is 25.2 Å². The Balaban J connectivity index is 1.61. The first kappa shape index (κ1) is 17.7. The van der Waals surface area contributed by atoms with Crippen LogP contribution in [0, 0.1) is 0 Å². The number of aromatic carboxylic acids is 1. The van der Waals surface area contributed by atoms with Gasteiger partial charge in [0.15, 0.2) is 0 Å². The van der Waals surface area contributed by atoms with Gasteiger partial charge in [-0.15, -0.1) is 0 Å². The normalized spacial score (nSPS) is 13.7. The number of benzene rings is 2. The van der Waals surface area contributed by atoms with Crippen molar-refractivity contribution in [3.63, 3.8) is 0 Å². The molecule has 0 unspecified atom stereocenters. The molecule has 1 fully saturated rings. The molecule has 5 rings (SSSR count). The van der Waals surface area contributed by atoms with Crippen LogP contribution >= 0.6 is 0 Å². The second-order valence-corrected chi connectivity index (χ2v) is 7.89. The zero-order valence-corrected chi connectivity index (χ0v) is 16.3. The predicted molar refractivity (Wildman–Crippen MR) is 114 cm³/mol. The maximum Gasteiger partial charge on any atom is 0.337 e. The third-order valence-corrected chi connectivity index (χ3v) is 5.76. The first-order valence-electron chi connectivity index (χ1n) is 9.95. The van der Waals surface area contributed by atoms with Gasteiger partial charge in [0, 0.05) is 36.8 Å². The first-order valence-corrected chi connectivity index (χ1v) is 9.95. The molecule has 0 amide bonds. The van der Waals surface area contributed by atoms with Crippen molar-refractivity contribution in [2.75, 3.05) is 0 Å². The number of hydrogen-bond donors (Lipinski definition) is 1. The molecule has 0 radical (unpaired) electrons. The number of rotatable bonds is 5. The van der Waals surface area contributed by atoms with Gasteiger partial charge in [-0.2, -0.15) is 0 Å². The Morgan fingerprint density at radius 3 is 2.66 bits per heavy atom. The Hall–Kier alpha value is -3.40. The predicted octanol–water partition coefficient (Wildman–Crippen LogP) is 5.41. The molecular formula is C25H22N2O2. The van der Waals surface area contributed by atoms with Crippen LogP contribution in [0.1, 0.15) is 45.9 Å². The summed E-state index contributed by atoms with van der Waals surface area (Å²) in [5, 5.41) is 10.9. The van der Waals surface area contributed by atoms with E-state index in [1.807, 2.05) is 30.5 Å². The third-order valence-electron chi connectivity index (χ3n) is 5.76. The SMILES string of the molecule is Cn1ccc2cc(Cc3ncc(C4CC4)cc3C(=O)O)cc(-c3ccccc3)c21. The number of fused-ring (bicyclic) bond motifs is 1. The van der Waals surface area contributed by atoms with Gasteiger partial charge in [-0.25, -0.2) is 4.79 Å². The lowest BCUT2D eigenvalue weighted by molar-refractivity contribution is 0.0695. The summed E-state index contributed by atoms with van der Waals surface area (Å²) in [6, 6.07) is 18.5. The Morgan fingerprint density at radius 1 is 1.14 bits per heavy atom. The molecule has 29 heavy (non-hydrogen) atoms. The van der Waals surface area contributed by atoms with Crippen LogP contribution in [0.3, 0.4) is 0 Å². The van der Waals surface area contributed by atoms with Crippen molar-refractivity contribution in [2.24, 2.45) is 7.05 Å². The molecule has 1 N–H and O–H groups in total. The van der Waals surface area contributed by atoms with Crippen LogP contribution in [0.2, 0.25) is 0 Å². The van der Waals surface area contributed by atoms with Crippen LogP contribution in [0.4, 0.5) is 0 Å². The van der Waals surface area contributed by atoms with Crippen molar-refractivity contribution in [1.82, 2.24) is 9.55 Å². The fourth-order valence-electron chi connectivity index (χ4n) is 4.11. The van der Waals surface area contributed by atoms with Crippen molar-refractivity contribution < 1.29 is 9.90 Å². The highest BCUT2D eigenvalue weighted by molar-refractivity contribution is 5.95. The number of carboxylic acid groups (broad SMARTS) is 1. The van der Waals surface area contributed by atoms with E-state index in [2.05, 4.69) is 53.1 Å². The van der Waals surface area contributed by atoms with Gasteiger partial charge in [0.05, 0.1) is 16.8 Å². The number of hydrogen-bond acceptors (Lipinski definition) is 2. The van der Waals surface area contributed by atoms with Gasteiger partial charge in [0.1, 0.15) is 0 Å². The molecule has 2 heterocycles. The minimum absolute atomic E-state index is 0.323. The summed E-state index contributed by atoms with van der Waals surface area (Å²) >= 11 is 0. The van der Waals surface area contributed by atoms with E-state index in [1.165, 1.54) is 5.52 Å². The maximum atomic E-state index is 11.9. The zero-order valence-electron chi connectivity index (χ0n) is 16.3. The van der Waals surface area contributed by atoms with Crippen LogP contribution in [-0.2, 0) is 13.5 Å². The number of carboxylic acids is 1. The Morgan fingerprint density at radius 2 is 1.93 bits per heavy atom. The van der Waals surface area contributed by atoms with E-state index in [0.29, 0.717) is 23.6 Å². The van der Waals surface area contributed by atoms with Crippen LogP contribution < -0.4 is 0 Å². The van der Waals surface area contributed by atoms with Crippen LogP contribution in [0.5, 0.6) is 0 Å². The molecule has 1 aliphatic carbocycles. The number of pyridine rings is 1.